The third-order valence-corrected chi connectivity index (χ3v) is 6.21. The Morgan fingerprint density at radius 2 is 1.64 bits per heavy atom. The normalized spacial score (nSPS) is 12.2. The highest BCUT2D eigenvalue weighted by Crippen LogP contribution is 2.24. The van der Waals surface area contributed by atoms with Crippen molar-refractivity contribution in [3.8, 4) is 5.75 Å². The standard InChI is InChI=1S/C29H35N5O5/c1-29(2,3)39-28(37)33-17-26(35)34-25(13-19-16-32-23-8-6-5-7-21(19)23)27(36)30-12-11-18-15-31-24-10-9-20(38-4)14-22(18)24/h5-10,14-16,25,31-32H,11-13,17H2,1-4H3,(H,30,36)(H,33,37)(H,34,35)/t25-/m0/s1. The maximum atomic E-state index is 13.3. The molecular formula is C29H35N5O5. The van der Waals surface area contributed by atoms with Gasteiger partial charge in [0.05, 0.1) is 7.11 Å². The Morgan fingerprint density at radius 1 is 0.923 bits per heavy atom. The number of H-pyrrole nitrogens is 2. The summed E-state index contributed by atoms with van der Waals surface area (Å²) in [5.41, 5.74) is 3.19. The van der Waals surface area contributed by atoms with Gasteiger partial charge in [0.15, 0.2) is 0 Å². The van der Waals surface area contributed by atoms with Crippen molar-refractivity contribution in [2.75, 3.05) is 20.2 Å². The Labute approximate surface area is 226 Å². The number of methoxy groups -OCH3 is 1. The number of hydrogen-bond donors (Lipinski definition) is 5. The number of aromatic amines is 2. The molecule has 4 rings (SSSR count). The van der Waals surface area contributed by atoms with Crippen LogP contribution in [0.5, 0.6) is 5.75 Å². The molecule has 10 heteroatoms. The lowest BCUT2D eigenvalue weighted by Crippen LogP contribution is -2.51. The number of para-hydroxylation sites is 1. The minimum Gasteiger partial charge on any atom is -0.497 e. The molecule has 0 aliphatic carbocycles. The lowest BCUT2D eigenvalue weighted by atomic mass is 10.0. The van der Waals surface area contributed by atoms with Crippen LogP contribution in [-0.4, -0.2) is 59.7 Å². The summed E-state index contributed by atoms with van der Waals surface area (Å²) in [5.74, 6) is -0.0539. The number of carbonyl (C=O) groups is 3. The van der Waals surface area contributed by atoms with Crippen LogP contribution in [0.3, 0.4) is 0 Å². The van der Waals surface area contributed by atoms with Gasteiger partial charge in [0.25, 0.3) is 0 Å². The van der Waals surface area contributed by atoms with Crippen molar-refractivity contribution >= 4 is 39.7 Å². The number of fused-ring (bicyclic) bond motifs is 2. The van der Waals surface area contributed by atoms with E-state index in [9.17, 15) is 14.4 Å². The van der Waals surface area contributed by atoms with Crippen LogP contribution in [0.2, 0.25) is 0 Å². The Hall–Kier alpha value is -4.47. The fraction of sp³-hybridized carbons (Fsp3) is 0.345. The summed E-state index contributed by atoms with van der Waals surface area (Å²) in [7, 11) is 1.62. The SMILES string of the molecule is COc1ccc2[nH]cc(CCNC(=O)[C@H](Cc3c[nH]c4ccccc34)NC(=O)CNC(=O)OC(C)(C)C)c2c1. The number of ether oxygens (including phenoxy) is 2. The third-order valence-electron chi connectivity index (χ3n) is 6.21. The highest BCUT2D eigenvalue weighted by atomic mass is 16.6. The van der Waals surface area contributed by atoms with Crippen LogP contribution in [0.25, 0.3) is 21.8 Å². The zero-order valence-electron chi connectivity index (χ0n) is 22.6. The molecular weight excluding hydrogens is 498 g/mol. The average molecular weight is 534 g/mol. The van der Waals surface area contributed by atoms with E-state index in [4.69, 9.17) is 9.47 Å². The summed E-state index contributed by atoms with van der Waals surface area (Å²) in [5, 5.41) is 10.2. The predicted molar refractivity (Wildman–Crippen MR) is 150 cm³/mol. The molecule has 0 aliphatic rings. The van der Waals surface area contributed by atoms with Crippen molar-refractivity contribution in [2.45, 2.75) is 45.3 Å². The van der Waals surface area contributed by atoms with Crippen LogP contribution >= 0.6 is 0 Å². The van der Waals surface area contributed by atoms with Crippen LogP contribution in [0, 0.1) is 0 Å². The maximum Gasteiger partial charge on any atom is 0.408 e. The highest BCUT2D eigenvalue weighted by Gasteiger charge is 2.23. The third kappa shape index (κ3) is 7.31. The highest BCUT2D eigenvalue weighted by molar-refractivity contribution is 5.91. The fourth-order valence-corrected chi connectivity index (χ4v) is 4.38. The number of aromatic nitrogens is 2. The first-order valence-corrected chi connectivity index (χ1v) is 12.9. The quantitative estimate of drug-likeness (QED) is 0.212. The molecule has 0 radical (unpaired) electrons. The van der Waals surface area contributed by atoms with Crippen molar-refractivity contribution in [3.05, 3.63) is 66.0 Å². The van der Waals surface area contributed by atoms with Crippen molar-refractivity contribution in [1.29, 1.82) is 0 Å². The molecule has 5 N–H and O–H groups in total. The number of rotatable bonds is 10. The zero-order chi connectivity index (χ0) is 28.0. The summed E-state index contributed by atoms with van der Waals surface area (Å²) in [6, 6.07) is 12.7. The molecule has 39 heavy (non-hydrogen) atoms. The number of nitrogens with one attached hydrogen (secondary N) is 5. The predicted octanol–water partition coefficient (Wildman–Crippen LogP) is 3.57. The summed E-state index contributed by atoms with van der Waals surface area (Å²) in [6.45, 7) is 5.27. The van der Waals surface area contributed by atoms with Crippen LogP contribution in [0.4, 0.5) is 4.79 Å². The fourth-order valence-electron chi connectivity index (χ4n) is 4.38. The van der Waals surface area contributed by atoms with E-state index in [0.717, 1.165) is 38.7 Å². The van der Waals surface area contributed by atoms with Crippen molar-refractivity contribution < 1.29 is 23.9 Å². The van der Waals surface area contributed by atoms with Gasteiger partial charge in [0.1, 0.15) is 23.9 Å². The van der Waals surface area contributed by atoms with E-state index in [-0.39, 0.29) is 18.9 Å². The van der Waals surface area contributed by atoms with E-state index in [0.29, 0.717) is 13.0 Å². The van der Waals surface area contributed by atoms with Crippen LogP contribution in [-0.2, 0) is 27.2 Å². The van der Waals surface area contributed by atoms with Gasteiger partial charge in [0, 0.05) is 47.2 Å². The van der Waals surface area contributed by atoms with Gasteiger partial charge in [-0.05, 0) is 62.6 Å². The molecule has 206 valence electrons. The molecule has 2 heterocycles. The summed E-state index contributed by atoms with van der Waals surface area (Å²) < 4.78 is 10.5. The largest absolute Gasteiger partial charge is 0.497 e. The number of amides is 3. The second-order valence-corrected chi connectivity index (χ2v) is 10.3. The molecule has 2 aromatic carbocycles. The van der Waals surface area contributed by atoms with Gasteiger partial charge in [-0.2, -0.15) is 0 Å². The summed E-state index contributed by atoms with van der Waals surface area (Å²) in [4.78, 5) is 44.4. The van der Waals surface area contributed by atoms with E-state index >= 15 is 0 Å². The Balaban J connectivity index is 1.42. The monoisotopic (exact) mass is 533 g/mol. The van der Waals surface area contributed by atoms with Crippen molar-refractivity contribution in [1.82, 2.24) is 25.9 Å². The molecule has 0 spiro atoms. The van der Waals surface area contributed by atoms with Crippen LogP contribution in [0.1, 0.15) is 31.9 Å². The smallest absolute Gasteiger partial charge is 0.408 e. The molecule has 0 saturated carbocycles. The molecule has 10 nitrogen and oxygen atoms in total. The Kier molecular flexibility index (Phi) is 8.43. The molecule has 0 aliphatic heterocycles. The zero-order valence-corrected chi connectivity index (χ0v) is 22.6. The minimum atomic E-state index is -0.847. The van der Waals surface area contributed by atoms with E-state index in [2.05, 4.69) is 25.9 Å². The van der Waals surface area contributed by atoms with Gasteiger partial charge < -0.3 is 35.4 Å². The van der Waals surface area contributed by atoms with Crippen molar-refractivity contribution in [2.24, 2.45) is 0 Å². The molecule has 0 unspecified atom stereocenters. The van der Waals surface area contributed by atoms with Gasteiger partial charge in [-0.3, -0.25) is 9.59 Å². The van der Waals surface area contributed by atoms with Gasteiger partial charge in [-0.25, -0.2) is 4.79 Å². The number of carbonyl (C=O) groups excluding carboxylic acids is 3. The Morgan fingerprint density at radius 3 is 2.38 bits per heavy atom. The summed E-state index contributed by atoms with van der Waals surface area (Å²) >= 11 is 0. The second-order valence-electron chi connectivity index (χ2n) is 10.3. The number of alkyl carbamates (subject to hydrolysis) is 1. The van der Waals surface area contributed by atoms with Crippen LogP contribution < -0.4 is 20.7 Å². The molecule has 3 amide bonds. The average Bonchev–Trinajstić information content (AvgIpc) is 3.49. The van der Waals surface area contributed by atoms with Crippen molar-refractivity contribution in [3.63, 3.8) is 0 Å². The number of hydrogen-bond acceptors (Lipinski definition) is 5. The van der Waals surface area contributed by atoms with E-state index in [1.165, 1.54) is 0 Å². The Bertz CT molecular complexity index is 1470. The molecule has 0 saturated heterocycles. The molecule has 0 bridgehead atoms. The first kappa shape index (κ1) is 27.6. The molecule has 0 fully saturated rings. The summed E-state index contributed by atoms with van der Waals surface area (Å²) in [6.07, 6.45) is 3.93. The first-order valence-electron chi connectivity index (χ1n) is 12.9. The van der Waals surface area contributed by atoms with Crippen LogP contribution in [0.15, 0.2) is 54.9 Å². The van der Waals surface area contributed by atoms with Gasteiger partial charge in [0.2, 0.25) is 11.8 Å². The van der Waals surface area contributed by atoms with E-state index in [1.54, 1.807) is 27.9 Å². The van der Waals surface area contributed by atoms with Gasteiger partial charge in [-0.15, -0.1) is 0 Å². The maximum absolute atomic E-state index is 13.3. The molecule has 1 atom stereocenters. The lowest BCUT2D eigenvalue weighted by molar-refractivity contribution is -0.128. The number of benzene rings is 2. The minimum absolute atomic E-state index is 0.276. The lowest BCUT2D eigenvalue weighted by Gasteiger charge is -2.21. The van der Waals surface area contributed by atoms with E-state index in [1.807, 2.05) is 54.9 Å². The van der Waals surface area contributed by atoms with Gasteiger partial charge >= 0.3 is 6.09 Å². The molecule has 2 aromatic heterocycles. The second kappa shape index (κ2) is 11.9. The topological polar surface area (TPSA) is 137 Å². The van der Waals surface area contributed by atoms with E-state index < -0.39 is 23.6 Å². The molecule has 4 aromatic rings. The van der Waals surface area contributed by atoms with Gasteiger partial charge in [-0.1, -0.05) is 18.2 Å². The first-order chi connectivity index (χ1) is 18.6.